The van der Waals surface area contributed by atoms with E-state index in [1.54, 1.807) is 0 Å². The molecule has 0 radical (unpaired) electrons. The summed E-state index contributed by atoms with van der Waals surface area (Å²) in [5.74, 6) is 2.73. The van der Waals surface area contributed by atoms with Gasteiger partial charge in [-0.2, -0.15) is 0 Å². The summed E-state index contributed by atoms with van der Waals surface area (Å²) in [6, 6.07) is 0. The van der Waals surface area contributed by atoms with Crippen LogP contribution in [-0.2, 0) is 13.1 Å². The van der Waals surface area contributed by atoms with Crippen LogP contribution in [0.5, 0.6) is 0 Å². The molecule has 0 bridgehead atoms. The van der Waals surface area contributed by atoms with Crippen molar-refractivity contribution in [3.63, 3.8) is 0 Å². The molecule has 2 aliphatic heterocycles. The van der Waals surface area contributed by atoms with Gasteiger partial charge in [-0.15, -0.1) is 10.2 Å². The van der Waals surface area contributed by atoms with Gasteiger partial charge in [0.05, 0.1) is 13.2 Å². The summed E-state index contributed by atoms with van der Waals surface area (Å²) in [6.07, 6.45) is 2.38. The molecule has 1 saturated heterocycles. The number of aliphatic hydroxyl groups excluding tert-OH is 1. The van der Waals surface area contributed by atoms with Crippen LogP contribution < -0.4 is 0 Å². The Kier molecular flexibility index (Phi) is 3.81. The Bertz CT molecular complexity index is 431. The zero-order valence-corrected chi connectivity index (χ0v) is 11.6. The Morgan fingerprint density at radius 1 is 1.26 bits per heavy atom. The van der Waals surface area contributed by atoms with Gasteiger partial charge in [-0.1, -0.05) is 0 Å². The zero-order valence-electron chi connectivity index (χ0n) is 11.6. The average Bonchev–Trinajstić information content (AvgIpc) is 2.82. The van der Waals surface area contributed by atoms with E-state index in [4.69, 9.17) is 5.11 Å². The maximum Gasteiger partial charge on any atom is 0.147 e. The standard InChI is InChI=1S/C13H23N5O/c1-16-5-6-18-12(10-16)14-15-13(18)11-3-2-4-17(9-11)7-8-19/h11,19H,2-10H2,1H3. The second-order valence-corrected chi connectivity index (χ2v) is 5.73. The fourth-order valence-corrected chi connectivity index (χ4v) is 3.21. The van der Waals surface area contributed by atoms with Gasteiger partial charge in [-0.05, 0) is 26.4 Å². The highest BCUT2D eigenvalue weighted by Crippen LogP contribution is 2.27. The lowest BCUT2D eigenvalue weighted by atomic mass is 9.97. The second kappa shape index (κ2) is 5.56. The molecule has 1 N–H and O–H groups in total. The molecule has 1 unspecified atom stereocenters. The highest BCUT2D eigenvalue weighted by molar-refractivity contribution is 5.06. The van der Waals surface area contributed by atoms with Crippen LogP contribution in [0.2, 0.25) is 0 Å². The maximum atomic E-state index is 9.08. The third-order valence-electron chi connectivity index (χ3n) is 4.26. The summed E-state index contributed by atoms with van der Waals surface area (Å²) < 4.78 is 2.31. The smallest absolute Gasteiger partial charge is 0.147 e. The van der Waals surface area contributed by atoms with Crippen molar-refractivity contribution in [1.82, 2.24) is 24.6 Å². The van der Waals surface area contributed by atoms with Gasteiger partial charge < -0.3 is 14.6 Å². The van der Waals surface area contributed by atoms with Gasteiger partial charge in [-0.25, -0.2) is 0 Å². The first kappa shape index (κ1) is 13.0. The molecule has 0 spiro atoms. The summed E-state index contributed by atoms with van der Waals surface area (Å²) in [5, 5.41) is 17.9. The van der Waals surface area contributed by atoms with Crippen molar-refractivity contribution in [2.45, 2.75) is 31.8 Å². The van der Waals surface area contributed by atoms with Gasteiger partial charge in [-0.3, -0.25) is 4.90 Å². The molecule has 19 heavy (non-hydrogen) atoms. The number of β-amino-alcohol motifs (C(OH)–C–C–N with tert-alkyl or cyclic N) is 1. The largest absolute Gasteiger partial charge is 0.395 e. The van der Waals surface area contributed by atoms with Crippen LogP contribution in [0.1, 0.15) is 30.4 Å². The van der Waals surface area contributed by atoms with Crippen LogP contribution in [-0.4, -0.2) is 69.5 Å². The van der Waals surface area contributed by atoms with Crippen molar-refractivity contribution < 1.29 is 5.11 Å². The number of fused-ring (bicyclic) bond motifs is 1. The molecule has 0 aliphatic carbocycles. The lowest BCUT2D eigenvalue weighted by Crippen LogP contribution is -2.38. The minimum atomic E-state index is 0.245. The number of hydrogen-bond donors (Lipinski definition) is 1. The normalized spacial score (nSPS) is 25.5. The molecule has 1 atom stereocenters. The van der Waals surface area contributed by atoms with E-state index in [0.29, 0.717) is 5.92 Å². The van der Waals surface area contributed by atoms with Gasteiger partial charge in [0.2, 0.25) is 0 Å². The summed E-state index contributed by atoms with van der Waals surface area (Å²) in [4.78, 5) is 4.62. The molecule has 106 valence electrons. The van der Waals surface area contributed by atoms with Crippen molar-refractivity contribution in [3.05, 3.63) is 11.6 Å². The van der Waals surface area contributed by atoms with E-state index >= 15 is 0 Å². The first-order chi connectivity index (χ1) is 9.28. The molecule has 0 saturated carbocycles. The number of aromatic nitrogens is 3. The van der Waals surface area contributed by atoms with Gasteiger partial charge in [0.1, 0.15) is 11.6 Å². The van der Waals surface area contributed by atoms with E-state index < -0.39 is 0 Å². The number of aliphatic hydroxyl groups is 1. The third-order valence-corrected chi connectivity index (χ3v) is 4.26. The van der Waals surface area contributed by atoms with Crippen LogP contribution in [0.25, 0.3) is 0 Å². The Morgan fingerprint density at radius 3 is 3.00 bits per heavy atom. The Morgan fingerprint density at radius 2 is 2.16 bits per heavy atom. The topological polar surface area (TPSA) is 57.4 Å². The van der Waals surface area contributed by atoms with Gasteiger partial charge >= 0.3 is 0 Å². The number of hydrogen-bond acceptors (Lipinski definition) is 5. The summed E-state index contributed by atoms with van der Waals surface area (Å²) in [7, 11) is 2.13. The van der Waals surface area contributed by atoms with Crippen molar-refractivity contribution in [2.75, 3.05) is 39.8 Å². The molecule has 1 aromatic rings. The Hall–Kier alpha value is -0.980. The van der Waals surface area contributed by atoms with E-state index in [1.165, 1.54) is 12.8 Å². The second-order valence-electron chi connectivity index (χ2n) is 5.73. The van der Waals surface area contributed by atoms with Crippen molar-refractivity contribution in [2.24, 2.45) is 0 Å². The fourth-order valence-electron chi connectivity index (χ4n) is 3.21. The van der Waals surface area contributed by atoms with E-state index in [9.17, 15) is 0 Å². The molecule has 6 heteroatoms. The first-order valence-corrected chi connectivity index (χ1v) is 7.21. The predicted octanol–water partition coefficient (Wildman–Crippen LogP) is -0.105. The Labute approximate surface area is 114 Å². The van der Waals surface area contributed by atoms with Crippen LogP contribution in [0.15, 0.2) is 0 Å². The summed E-state index contributed by atoms with van der Waals surface area (Å²) in [5.41, 5.74) is 0. The lowest BCUT2D eigenvalue weighted by Gasteiger charge is -2.32. The van der Waals surface area contributed by atoms with E-state index in [0.717, 1.165) is 50.9 Å². The number of piperidine rings is 1. The molecule has 1 aromatic heterocycles. The fraction of sp³-hybridized carbons (Fsp3) is 0.846. The van der Waals surface area contributed by atoms with Crippen LogP contribution in [0.3, 0.4) is 0 Å². The molecule has 6 nitrogen and oxygen atoms in total. The number of nitrogens with zero attached hydrogens (tertiary/aromatic N) is 5. The van der Waals surface area contributed by atoms with E-state index in [1.807, 2.05) is 0 Å². The predicted molar refractivity (Wildman–Crippen MR) is 71.9 cm³/mol. The van der Waals surface area contributed by atoms with Gasteiger partial charge in [0, 0.05) is 32.1 Å². The minimum absolute atomic E-state index is 0.245. The minimum Gasteiger partial charge on any atom is -0.395 e. The van der Waals surface area contributed by atoms with E-state index in [-0.39, 0.29) is 6.61 Å². The van der Waals surface area contributed by atoms with Gasteiger partial charge in [0.25, 0.3) is 0 Å². The molecule has 2 aliphatic rings. The van der Waals surface area contributed by atoms with Crippen molar-refractivity contribution in [1.29, 1.82) is 0 Å². The van der Waals surface area contributed by atoms with Crippen LogP contribution in [0.4, 0.5) is 0 Å². The summed E-state index contributed by atoms with van der Waals surface area (Å²) in [6.45, 7) is 6.11. The number of rotatable bonds is 3. The quantitative estimate of drug-likeness (QED) is 0.827. The molecule has 3 rings (SSSR count). The molecule has 1 fully saturated rings. The molecule has 0 amide bonds. The Balaban J connectivity index is 1.75. The van der Waals surface area contributed by atoms with Crippen LogP contribution >= 0.6 is 0 Å². The molecule has 3 heterocycles. The third kappa shape index (κ3) is 2.66. The molecular weight excluding hydrogens is 242 g/mol. The van der Waals surface area contributed by atoms with E-state index in [2.05, 4.69) is 31.6 Å². The van der Waals surface area contributed by atoms with Crippen LogP contribution in [0, 0.1) is 0 Å². The number of likely N-dealkylation sites (tertiary alicyclic amines) is 1. The van der Waals surface area contributed by atoms with Crippen molar-refractivity contribution >= 4 is 0 Å². The van der Waals surface area contributed by atoms with Crippen molar-refractivity contribution in [3.8, 4) is 0 Å². The average molecular weight is 265 g/mol. The SMILES string of the molecule is CN1CCn2c(nnc2C2CCCN(CCO)C2)C1. The maximum absolute atomic E-state index is 9.08. The first-order valence-electron chi connectivity index (χ1n) is 7.21. The number of likely N-dealkylation sites (N-methyl/N-ethyl adjacent to an activating group) is 1. The summed E-state index contributed by atoms with van der Waals surface area (Å²) >= 11 is 0. The highest BCUT2D eigenvalue weighted by atomic mass is 16.3. The zero-order chi connectivity index (χ0) is 13.2. The molecule has 0 aromatic carbocycles. The highest BCUT2D eigenvalue weighted by Gasteiger charge is 2.28. The van der Waals surface area contributed by atoms with Gasteiger partial charge in [0.15, 0.2) is 0 Å². The monoisotopic (exact) mass is 265 g/mol. The molecular formula is C13H23N5O. The lowest BCUT2D eigenvalue weighted by molar-refractivity contribution is 0.157.